The Hall–Kier alpha value is -1.17. The lowest BCUT2D eigenvalue weighted by Gasteiger charge is -2.38. The lowest BCUT2D eigenvalue weighted by molar-refractivity contribution is -0.128. The fourth-order valence-corrected chi connectivity index (χ4v) is 3.16. The van der Waals surface area contributed by atoms with E-state index in [9.17, 15) is 4.79 Å². The summed E-state index contributed by atoms with van der Waals surface area (Å²) in [6.07, 6.45) is 2.73. The summed E-state index contributed by atoms with van der Waals surface area (Å²) < 4.78 is 0. The van der Waals surface area contributed by atoms with Gasteiger partial charge in [0.15, 0.2) is 0 Å². The van der Waals surface area contributed by atoms with Crippen molar-refractivity contribution in [2.45, 2.75) is 45.1 Å². The van der Waals surface area contributed by atoms with Gasteiger partial charge in [-0.05, 0) is 43.4 Å². The summed E-state index contributed by atoms with van der Waals surface area (Å²) in [5.74, 6) is 5.78. The SMILES string of the molecule is CCC#CC(=O)N1CCC[C@@H](c2ccc(Cl)c(Cl)c2)[C@H]1C. The molecule has 4 heteroatoms. The quantitative estimate of drug-likeness (QED) is 0.697. The van der Waals surface area contributed by atoms with Gasteiger partial charge in [0.05, 0.1) is 10.0 Å². The van der Waals surface area contributed by atoms with E-state index in [0.29, 0.717) is 16.5 Å². The van der Waals surface area contributed by atoms with Gasteiger partial charge in [-0.2, -0.15) is 0 Å². The molecule has 2 nitrogen and oxygen atoms in total. The van der Waals surface area contributed by atoms with Crippen LogP contribution < -0.4 is 0 Å². The number of halogens is 2. The van der Waals surface area contributed by atoms with Gasteiger partial charge in [-0.15, -0.1) is 0 Å². The Balaban J connectivity index is 2.21. The molecule has 0 radical (unpaired) electrons. The second-order valence-corrected chi connectivity index (χ2v) is 6.13. The number of carbonyl (C=O) groups excluding carboxylic acids is 1. The van der Waals surface area contributed by atoms with E-state index in [4.69, 9.17) is 23.2 Å². The second kappa shape index (κ2) is 7.20. The molecule has 0 N–H and O–H groups in total. The van der Waals surface area contributed by atoms with Gasteiger partial charge >= 0.3 is 0 Å². The highest BCUT2D eigenvalue weighted by molar-refractivity contribution is 6.42. The van der Waals surface area contributed by atoms with Crippen LogP contribution in [0.15, 0.2) is 18.2 Å². The van der Waals surface area contributed by atoms with Gasteiger partial charge in [0, 0.05) is 24.9 Å². The minimum absolute atomic E-state index is 0.0749. The van der Waals surface area contributed by atoms with Crippen LogP contribution in [-0.2, 0) is 4.79 Å². The zero-order valence-electron chi connectivity index (χ0n) is 12.3. The van der Waals surface area contributed by atoms with Gasteiger partial charge < -0.3 is 4.90 Å². The number of hydrogen-bond donors (Lipinski definition) is 0. The number of nitrogens with zero attached hydrogens (tertiary/aromatic N) is 1. The monoisotopic (exact) mass is 323 g/mol. The first-order chi connectivity index (χ1) is 10.0. The molecule has 2 atom stereocenters. The predicted octanol–water partition coefficient (Wildman–Crippen LogP) is 4.50. The van der Waals surface area contributed by atoms with Gasteiger partial charge in [0.2, 0.25) is 0 Å². The Morgan fingerprint density at radius 1 is 1.38 bits per heavy atom. The second-order valence-electron chi connectivity index (χ2n) is 5.32. The molecule has 1 aromatic carbocycles. The fourth-order valence-electron chi connectivity index (χ4n) is 2.85. The maximum absolute atomic E-state index is 12.2. The van der Waals surface area contributed by atoms with Crippen LogP contribution in [0.4, 0.5) is 0 Å². The van der Waals surface area contributed by atoms with Crippen molar-refractivity contribution in [2.24, 2.45) is 0 Å². The Kier molecular flexibility index (Phi) is 5.56. The van der Waals surface area contributed by atoms with Gasteiger partial charge in [0.25, 0.3) is 5.91 Å². The van der Waals surface area contributed by atoms with Crippen LogP contribution in [0.25, 0.3) is 0 Å². The highest BCUT2D eigenvalue weighted by Gasteiger charge is 2.31. The smallest absolute Gasteiger partial charge is 0.298 e. The van der Waals surface area contributed by atoms with E-state index >= 15 is 0 Å². The number of piperidine rings is 1. The molecule has 1 fully saturated rings. The molecule has 1 heterocycles. The summed E-state index contributed by atoms with van der Waals surface area (Å²) >= 11 is 12.1. The largest absolute Gasteiger partial charge is 0.329 e. The molecule has 2 rings (SSSR count). The summed E-state index contributed by atoms with van der Waals surface area (Å²) in [5, 5.41) is 1.13. The van der Waals surface area contributed by atoms with Crippen LogP contribution in [0.5, 0.6) is 0 Å². The molecule has 0 saturated carbocycles. The molecule has 21 heavy (non-hydrogen) atoms. The van der Waals surface area contributed by atoms with Crippen LogP contribution in [0.1, 0.15) is 44.6 Å². The van der Waals surface area contributed by atoms with Gasteiger partial charge in [-0.3, -0.25) is 4.79 Å². The van der Waals surface area contributed by atoms with Crippen LogP contribution in [0.2, 0.25) is 10.0 Å². The highest BCUT2D eigenvalue weighted by atomic mass is 35.5. The van der Waals surface area contributed by atoms with Crippen molar-refractivity contribution in [3.05, 3.63) is 33.8 Å². The van der Waals surface area contributed by atoms with Crippen molar-refractivity contribution in [3.8, 4) is 11.8 Å². The van der Waals surface area contributed by atoms with Crippen LogP contribution >= 0.6 is 23.2 Å². The minimum atomic E-state index is -0.0749. The minimum Gasteiger partial charge on any atom is -0.329 e. The Labute approximate surface area is 136 Å². The lowest BCUT2D eigenvalue weighted by atomic mass is 9.84. The number of carbonyl (C=O) groups is 1. The first kappa shape index (κ1) is 16.2. The first-order valence-electron chi connectivity index (χ1n) is 7.29. The number of benzene rings is 1. The maximum atomic E-state index is 12.2. The van der Waals surface area contributed by atoms with Crippen LogP contribution in [0, 0.1) is 11.8 Å². The average Bonchev–Trinajstić information content (AvgIpc) is 2.48. The van der Waals surface area contributed by atoms with Gasteiger partial charge in [-0.1, -0.05) is 42.1 Å². The molecule has 1 saturated heterocycles. The molecule has 0 unspecified atom stereocenters. The molecule has 0 bridgehead atoms. The summed E-state index contributed by atoms with van der Waals surface area (Å²) in [5.41, 5.74) is 1.14. The molecule has 0 aliphatic carbocycles. The van der Waals surface area contributed by atoms with Crippen molar-refractivity contribution >= 4 is 29.1 Å². The molecular formula is C17H19Cl2NO. The van der Waals surface area contributed by atoms with E-state index in [-0.39, 0.29) is 17.9 Å². The molecular weight excluding hydrogens is 305 g/mol. The lowest BCUT2D eigenvalue weighted by Crippen LogP contribution is -2.45. The normalized spacial score (nSPS) is 21.6. The topological polar surface area (TPSA) is 20.3 Å². The zero-order chi connectivity index (χ0) is 15.4. The van der Waals surface area contributed by atoms with E-state index in [1.807, 2.05) is 30.0 Å². The average molecular weight is 324 g/mol. The van der Waals surface area contributed by atoms with Gasteiger partial charge in [-0.25, -0.2) is 0 Å². The van der Waals surface area contributed by atoms with E-state index < -0.39 is 0 Å². The number of hydrogen-bond acceptors (Lipinski definition) is 1. The van der Waals surface area contributed by atoms with Crippen molar-refractivity contribution in [3.63, 3.8) is 0 Å². The highest BCUT2D eigenvalue weighted by Crippen LogP contribution is 2.35. The van der Waals surface area contributed by atoms with Crippen LogP contribution in [-0.4, -0.2) is 23.4 Å². The van der Waals surface area contributed by atoms with Crippen molar-refractivity contribution in [1.82, 2.24) is 4.90 Å². The van der Waals surface area contributed by atoms with Crippen molar-refractivity contribution in [2.75, 3.05) is 6.54 Å². The molecule has 1 aromatic rings. The molecule has 1 amide bonds. The predicted molar refractivity (Wildman–Crippen MR) is 87.7 cm³/mol. The van der Waals surface area contributed by atoms with Crippen LogP contribution in [0.3, 0.4) is 0 Å². The third kappa shape index (κ3) is 3.73. The molecule has 1 aliphatic rings. The van der Waals surface area contributed by atoms with E-state index in [1.165, 1.54) is 0 Å². The van der Waals surface area contributed by atoms with Gasteiger partial charge in [0.1, 0.15) is 0 Å². The van der Waals surface area contributed by atoms with E-state index in [0.717, 1.165) is 24.9 Å². The van der Waals surface area contributed by atoms with Crippen molar-refractivity contribution in [1.29, 1.82) is 0 Å². The summed E-state index contributed by atoms with van der Waals surface area (Å²) in [7, 11) is 0. The van der Waals surface area contributed by atoms with Crippen molar-refractivity contribution < 1.29 is 4.79 Å². The fraction of sp³-hybridized carbons (Fsp3) is 0.471. The Morgan fingerprint density at radius 2 is 2.14 bits per heavy atom. The third-order valence-electron chi connectivity index (χ3n) is 3.99. The molecule has 1 aliphatic heterocycles. The summed E-state index contributed by atoms with van der Waals surface area (Å²) in [6.45, 7) is 4.80. The number of likely N-dealkylation sites (tertiary alicyclic amines) is 1. The third-order valence-corrected chi connectivity index (χ3v) is 4.73. The maximum Gasteiger partial charge on any atom is 0.298 e. The number of amides is 1. The Morgan fingerprint density at radius 3 is 2.81 bits per heavy atom. The van der Waals surface area contributed by atoms with E-state index in [1.54, 1.807) is 0 Å². The van der Waals surface area contributed by atoms with E-state index in [2.05, 4.69) is 18.8 Å². The standard InChI is InChI=1S/C17H19Cl2NO/c1-3-4-7-17(21)20-10-5-6-14(12(20)2)13-8-9-15(18)16(19)11-13/h8-9,11-12,14H,3,5-6,10H2,1-2H3/t12-,14-/m1/s1. The zero-order valence-corrected chi connectivity index (χ0v) is 13.8. The first-order valence-corrected chi connectivity index (χ1v) is 8.04. The molecule has 0 aromatic heterocycles. The Bertz CT molecular complexity index is 588. The molecule has 0 spiro atoms. The number of rotatable bonds is 1. The summed E-state index contributed by atoms with van der Waals surface area (Å²) in [4.78, 5) is 14.0. The summed E-state index contributed by atoms with van der Waals surface area (Å²) in [6, 6.07) is 5.86. The molecule has 112 valence electrons.